The Bertz CT molecular complexity index is 558. The zero-order valence-corrected chi connectivity index (χ0v) is 10.4. The van der Waals surface area contributed by atoms with Crippen LogP contribution in [0.1, 0.15) is 11.1 Å². The fourth-order valence-electron chi connectivity index (χ4n) is 1.76. The van der Waals surface area contributed by atoms with E-state index in [2.05, 4.69) is 0 Å². The van der Waals surface area contributed by atoms with Crippen LogP contribution in [0.15, 0.2) is 42.5 Å². The van der Waals surface area contributed by atoms with Gasteiger partial charge in [0.25, 0.3) is 0 Å². The van der Waals surface area contributed by atoms with Crippen molar-refractivity contribution in [3.63, 3.8) is 0 Å². The highest BCUT2D eigenvalue weighted by atomic mass is 19.1. The minimum atomic E-state index is -0.599. The maximum atomic E-state index is 13.4. The van der Waals surface area contributed by atoms with Crippen LogP contribution in [-0.4, -0.2) is 6.54 Å². The third-order valence-electron chi connectivity index (χ3n) is 2.74. The minimum absolute atomic E-state index is 0.0677. The molecule has 0 aromatic heterocycles. The number of nitrogens with two attached hydrogens (primary N) is 1. The summed E-state index contributed by atoms with van der Waals surface area (Å²) in [6.07, 6.45) is 0.766. The SMILES string of the molecule is NCCc1cccc(OCc2ccc(F)cc2F)c1. The van der Waals surface area contributed by atoms with E-state index in [4.69, 9.17) is 10.5 Å². The molecular formula is C15H15F2NO. The number of hydrogen-bond donors (Lipinski definition) is 1. The lowest BCUT2D eigenvalue weighted by Crippen LogP contribution is -2.03. The van der Waals surface area contributed by atoms with Crippen molar-refractivity contribution in [3.05, 3.63) is 65.2 Å². The van der Waals surface area contributed by atoms with Gasteiger partial charge in [-0.15, -0.1) is 0 Å². The van der Waals surface area contributed by atoms with Crippen molar-refractivity contribution in [1.29, 1.82) is 0 Å². The summed E-state index contributed by atoms with van der Waals surface area (Å²) in [5.74, 6) is -0.543. The molecule has 2 rings (SSSR count). The number of ether oxygens (including phenoxy) is 1. The molecule has 0 radical (unpaired) electrons. The number of rotatable bonds is 5. The Hall–Kier alpha value is -1.94. The molecule has 0 bridgehead atoms. The van der Waals surface area contributed by atoms with Crippen molar-refractivity contribution in [2.24, 2.45) is 5.73 Å². The molecule has 0 spiro atoms. The Labute approximate surface area is 110 Å². The van der Waals surface area contributed by atoms with Crippen LogP contribution in [0.5, 0.6) is 5.75 Å². The molecule has 0 saturated heterocycles. The van der Waals surface area contributed by atoms with Gasteiger partial charge in [0.1, 0.15) is 24.0 Å². The molecule has 0 fully saturated rings. The lowest BCUT2D eigenvalue weighted by atomic mass is 10.1. The fraction of sp³-hybridized carbons (Fsp3) is 0.200. The Morgan fingerprint density at radius 3 is 2.63 bits per heavy atom. The van der Waals surface area contributed by atoms with E-state index in [0.717, 1.165) is 18.1 Å². The molecule has 0 aliphatic rings. The lowest BCUT2D eigenvalue weighted by Gasteiger charge is -2.08. The van der Waals surface area contributed by atoms with E-state index in [9.17, 15) is 8.78 Å². The summed E-state index contributed by atoms with van der Waals surface area (Å²) in [5, 5.41) is 0. The van der Waals surface area contributed by atoms with Crippen LogP contribution in [0.25, 0.3) is 0 Å². The fourth-order valence-corrected chi connectivity index (χ4v) is 1.76. The molecule has 0 unspecified atom stereocenters. The summed E-state index contributed by atoms with van der Waals surface area (Å²) >= 11 is 0. The topological polar surface area (TPSA) is 35.2 Å². The Balaban J connectivity index is 2.03. The predicted molar refractivity (Wildman–Crippen MR) is 69.9 cm³/mol. The Morgan fingerprint density at radius 1 is 1.05 bits per heavy atom. The monoisotopic (exact) mass is 263 g/mol. The van der Waals surface area contributed by atoms with Gasteiger partial charge in [-0.2, -0.15) is 0 Å². The average molecular weight is 263 g/mol. The summed E-state index contributed by atoms with van der Waals surface area (Å²) in [4.78, 5) is 0. The van der Waals surface area contributed by atoms with Crippen molar-refractivity contribution < 1.29 is 13.5 Å². The summed E-state index contributed by atoms with van der Waals surface area (Å²) in [7, 11) is 0. The quantitative estimate of drug-likeness (QED) is 0.899. The molecule has 2 aromatic rings. The summed E-state index contributed by atoms with van der Waals surface area (Å²) in [6, 6.07) is 10.9. The zero-order valence-electron chi connectivity index (χ0n) is 10.4. The maximum absolute atomic E-state index is 13.4. The number of benzene rings is 2. The van der Waals surface area contributed by atoms with Gasteiger partial charge in [-0.3, -0.25) is 0 Å². The van der Waals surface area contributed by atoms with Crippen molar-refractivity contribution in [2.75, 3.05) is 6.54 Å². The molecule has 19 heavy (non-hydrogen) atoms. The van der Waals surface area contributed by atoms with Crippen LogP contribution in [-0.2, 0) is 13.0 Å². The van der Waals surface area contributed by atoms with Crippen LogP contribution >= 0.6 is 0 Å². The van der Waals surface area contributed by atoms with E-state index in [0.29, 0.717) is 17.9 Å². The summed E-state index contributed by atoms with van der Waals surface area (Å²) in [6.45, 7) is 0.633. The standard InChI is InChI=1S/C15H15F2NO/c16-13-5-4-12(15(17)9-13)10-19-14-3-1-2-11(8-14)6-7-18/h1-5,8-9H,6-7,10,18H2. The molecule has 4 heteroatoms. The smallest absolute Gasteiger partial charge is 0.132 e. The first-order valence-corrected chi connectivity index (χ1v) is 6.05. The summed E-state index contributed by atoms with van der Waals surface area (Å²) < 4.78 is 31.7. The summed E-state index contributed by atoms with van der Waals surface area (Å²) in [5.41, 5.74) is 6.88. The van der Waals surface area contributed by atoms with Gasteiger partial charge >= 0.3 is 0 Å². The number of hydrogen-bond acceptors (Lipinski definition) is 2. The van der Waals surface area contributed by atoms with Crippen LogP contribution < -0.4 is 10.5 Å². The van der Waals surface area contributed by atoms with Gasteiger partial charge in [-0.25, -0.2) is 8.78 Å². The normalized spacial score (nSPS) is 10.5. The highest BCUT2D eigenvalue weighted by Gasteiger charge is 2.05. The minimum Gasteiger partial charge on any atom is -0.489 e. The Morgan fingerprint density at radius 2 is 1.89 bits per heavy atom. The van der Waals surface area contributed by atoms with Gasteiger partial charge in [-0.1, -0.05) is 12.1 Å². The average Bonchev–Trinajstić information content (AvgIpc) is 2.38. The predicted octanol–water partition coefficient (Wildman–Crippen LogP) is 3.05. The second-order valence-corrected chi connectivity index (χ2v) is 4.21. The zero-order chi connectivity index (χ0) is 13.7. The molecule has 0 atom stereocenters. The van der Waals surface area contributed by atoms with Crippen LogP contribution in [0.3, 0.4) is 0 Å². The molecule has 2 aromatic carbocycles. The van der Waals surface area contributed by atoms with Gasteiger partial charge in [-0.05, 0) is 42.8 Å². The second kappa shape index (κ2) is 6.29. The van der Waals surface area contributed by atoms with E-state index >= 15 is 0 Å². The first-order valence-electron chi connectivity index (χ1n) is 6.05. The van der Waals surface area contributed by atoms with Gasteiger partial charge < -0.3 is 10.5 Å². The largest absolute Gasteiger partial charge is 0.489 e. The van der Waals surface area contributed by atoms with Crippen molar-refractivity contribution in [3.8, 4) is 5.75 Å². The van der Waals surface area contributed by atoms with E-state index in [-0.39, 0.29) is 6.61 Å². The highest BCUT2D eigenvalue weighted by molar-refractivity contribution is 5.29. The first-order chi connectivity index (χ1) is 9.19. The van der Waals surface area contributed by atoms with Gasteiger partial charge in [0.05, 0.1) is 0 Å². The van der Waals surface area contributed by atoms with Crippen molar-refractivity contribution in [2.45, 2.75) is 13.0 Å². The molecule has 0 heterocycles. The third kappa shape index (κ3) is 3.76. The van der Waals surface area contributed by atoms with Crippen molar-refractivity contribution >= 4 is 0 Å². The second-order valence-electron chi connectivity index (χ2n) is 4.21. The van der Waals surface area contributed by atoms with E-state index in [1.165, 1.54) is 12.1 Å². The molecule has 2 N–H and O–H groups in total. The van der Waals surface area contributed by atoms with Gasteiger partial charge in [0.15, 0.2) is 0 Å². The molecule has 0 aliphatic heterocycles. The van der Waals surface area contributed by atoms with Crippen LogP contribution in [0.2, 0.25) is 0 Å². The molecule has 0 saturated carbocycles. The molecule has 0 amide bonds. The van der Waals surface area contributed by atoms with E-state index < -0.39 is 11.6 Å². The van der Waals surface area contributed by atoms with Gasteiger partial charge in [0, 0.05) is 11.6 Å². The number of halogens is 2. The van der Waals surface area contributed by atoms with E-state index in [1.54, 1.807) is 6.07 Å². The Kier molecular flexibility index (Phi) is 4.47. The molecular weight excluding hydrogens is 248 g/mol. The third-order valence-corrected chi connectivity index (χ3v) is 2.74. The van der Waals surface area contributed by atoms with Crippen LogP contribution in [0, 0.1) is 11.6 Å². The van der Waals surface area contributed by atoms with Crippen molar-refractivity contribution in [1.82, 2.24) is 0 Å². The highest BCUT2D eigenvalue weighted by Crippen LogP contribution is 2.17. The lowest BCUT2D eigenvalue weighted by molar-refractivity contribution is 0.299. The van der Waals surface area contributed by atoms with Gasteiger partial charge in [0.2, 0.25) is 0 Å². The first kappa shape index (κ1) is 13.5. The van der Waals surface area contributed by atoms with Crippen LogP contribution in [0.4, 0.5) is 8.78 Å². The molecule has 0 aliphatic carbocycles. The molecule has 2 nitrogen and oxygen atoms in total. The van der Waals surface area contributed by atoms with E-state index in [1.807, 2.05) is 18.2 Å². The molecule has 100 valence electrons. The maximum Gasteiger partial charge on any atom is 0.132 e.